The summed E-state index contributed by atoms with van der Waals surface area (Å²) in [5.41, 5.74) is 1.08. The molecule has 1 amide bonds. The first-order chi connectivity index (χ1) is 6.02. The van der Waals surface area contributed by atoms with Crippen LogP contribution in [-0.2, 0) is 14.3 Å². The minimum Gasteiger partial charge on any atom is -0.456 e. The van der Waals surface area contributed by atoms with Gasteiger partial charge in [-0.2, -0.15) is 0 Å². The van der Waals surface area contributed by atoms with E-state index in [0.29, 0.717) is 5.70 Å². The molecule has 13 heavy (non-hydrogen) atoms. The van der Waals surface area contributed by atoms with Crippen LogP contribution >= 0.6 is 0 Å². The molecule has 1 aliphatic heterocycles. The highest BCUT2D eigenvalue weighted by molar-refractivity contribution is 5.96. The molecule has 0 atom stereocenters. The number of carbonyl (C=O) groups excluding carboxylic acids is 2. The van der Waals surface area contributed by atoms with Gasteiger partial charge >= 0.3 is 5.97 Å². The molecular weight excluding hydrogens is 170 g/mol. The van der Waals surface area contributed by atoms with Crippen LogP contribution in [0, 0.1) is 5.92 Å². The van der Waals surface area contributed by atoms with E-state index >= 15 is 0 Å². The Balaban J connectivity index is 2.68. The topological polar surface area (TPSA) is 55.4 Å². The highest BCUT2D eigenvalue weighted by atomic mass is 16.5. The molecule has 4 heteroatoms. The van der Waals surface area contributed by atoms with Crippen molar-refractivity contribution in [2.24, 2.45) is 5.92 Å². The third kappa shape index (κ3) is 2.08. The minimum atomic E-state index is -0.438. The molecule has 1 aliphatic rings. The smallest absolute Gasteiger partial charge is 0.355 e. The van der Waals surface area contributed by atoms with Crippen molar-refractivity contribution in [2.45, 2.75) is 20.8 Å². The van der Waals surface area contributed by atoms with Crippen molar-refractivity contribution in [3.05, 3.63) is 11.3 Å². The fraction of sp³-hybridized carbons (Fsp3) is 0.556. The number of amides is 1. The van der Waals surface area contributed by atoms with Crippen molar-refractivity contribution in [1.29, 1.82) is 0 Å². The first-order valence-electron chi connectivity index (χ1n) is 4.20. The van der Waals surface area contributed by atoms with Gasteiger partial charge in [-0.05, 0) is 12.5 Å². The lowest BCUT2D eigenvalue weighted by molar-refractivity contribution is -0.137. The fourth-order valence-electron chi connectivity index (χ4n) is 0.918. The molecule has 0 aromatic carbocycles. The summed E-state index contributed by atoms with van der Waals surface area (Å²) in [6, 6.07) is 0. The van der Waals surface area contributed by atoms with Crippen molar-refractivity contribution in [3.8, 4) is 0 Å². The van der Waals surface area contributed by atoms with E-state index in [1.807, 2.05) is 0 Å². The summed E-state index contributed by atoms with van der Waals surface area (Å²) in [5, 5.41) is 2.54. The summed E-state index contributed by atoms with van der Waals surface area (Å²) in [5.74, 6) is -0.728. The predicted molar refractivity (Wildman–Crippen MR) is 46.6 cm³/mol. The van der Waals surface area contributed by atoms with Gasteiger partial charge in [-0.3, -0.25) is 4.79 Å². The SMILES string of the molecule is CC1=C(NC(=O)C(C)C)C(=O)OC1. The zero-order valence-corrected chi connectivity index (χ0v) is 8.01. The minimum absolute atomic E-state index is 0.131. The van der Waals surface area contributed by atoms with E-state index in [1.165, 1.54) is 0 Å². The Kier molecular flexibility index (Phi) is 2.70. The Hall–Kier alpha value is -1.32. The third-order valence-electron chi connectivity index (χ3n) is 1.82. The van der Waals surface area contributed by atoms with E-state index in [2.05, 4.69) is 5.32 Å². The summed E-state index contributed by atoms with van der Waals surface area (Å²) in [4.78, 5) is 22.3. The van der Waals surface area contributed by atoms with E-state index in [-0.39, 0.29) is 18.4 Å². The molecule has 0 bridgehead atoms. The Bertz CT molecular complexity index is 279. The van der Waals surface area contributed by atoms with Crippen LogP contribution in [0.25, 0.3) is 0 Å². The van der Waals surface area contributed by atoms with E-state index < -0.39 is 5.97 Å². The maximum absolute atomic E-state index is 11.2. The third-order valence-corrected chi connectivity index (χ3v) is 1.82. The van der Waals surface area contributed by atoms with Crippen molar-refractivity contribution >= 4 is 11.9 Å². The Morgan fingerprint density at radius 1 is 1.54 bits per heavy atom. The monoisotopic (exact) mass is 183 g/mol. The standard InChI is InChI=1S/C9H13NO3/c1-5(2)8(11)10-7-6(3)4-13-9(7)12/h5H,4H2,1-3H3,(H,10,11). The van der Waals surface area contributed by atoms with E-state index in [9.17, 15) is 9.59 Å². The van der Waals surface area contributed by atoms with E-state index in [4.69, 9.17) is 4.74 Å². The van der Waals surface area contributed by atoms with Crippen molar-refractivity contribution in [2.75, 3.05) is 6.61 Å². The Morgan fingerprint density at radius 2 is 2.15 bits per heavy atom. The van der Waals surface area contributed by atoms with Gasteiger partial charge in [-0.15, -0.1) is 0 Å². The average molecular weight is 183 g/mol. The number of ether oxygens (including phenoxy) is 1. The highest BCUT2D eigenvalue weighted by Gasteiger charge is 2.24. The number of esters is 1. The normalized spacial score (nSPS) is 16.5. The average Bonchev–Trinajstić information content (AvgIpc) is 2.35. The quantitative estimate of drug-likeness (QED) is 0.637. The lowest BCUT2D eigenvalue weighted by atomic mass is 10.2. The number of hydrogen-bond donors (Lipinski definition) is 1. The second kappa shape index (κ2) is 3.60. The van der Waals surface area contributed by atoms with Gasteiger partial charge in [0.2, 0.25) is 5.91 Å². The first-order valence-corrected chi connectivity index (χ1v) is 4.20. The zero-order chi connectivity index (χ0) is 10.0. The van der Waals surface area contributed by atoms with Crippen LogP contribution in [0.15, 0.2) is 11.3 Å². The van der Waals surface area contributed by atoms with Gasteiger partial charge in [0.25, 0.3) is 0 Å². The predicted octanol–water partition coefficient (Wildman–Crippen LogP) is 0.589. The van der Waals surface area contributed by atoms with E-state index in [1.54, 1.807) is 20.8 Å². The van der Waals surface area contributed by atoms with Crippen LogP contribution in [0.5, 0.6) is 0 Å². The molecule has 4 nitrogen and oxygen atoms in total. The fourth-order valence-corrected chi connectivity index (χ4v) is 0.918. The number of cyclic esters (lactones) is 1. The van der Waals surface area contributed by atoms with Crippen LogP contribution in [0.2, 0.25) is 0 Å². The molecule has 72 valence electrons. The number of carbonyl (C=O) groups is 2. The molecule has 0 aliphatic carbocycles. The van der Waals surface area contributed by atoms with E-state index in [0.717, 1.165) is 5.57 Å². The number of nitrogens with one attached hydrogen (secondary N) is 1. The molecule has 0 saturated heterocycles. The summed E-state index contributed by atoms with van der Waals surface area (Å²) in [6.45, 7) is 5.59. The summed E-state index contributed by atoms with van der Waals surface area (Å²) >= 11 is 0. The zero-order valence-electron chi connectivity index (χ0n) is 8.01. The lowest BCUT2D eigenvalue weighted by Crippen LogP contribution is -2.30. The highest BCUT2D eigenvalue weighted by Crippen LogP contribution is 2.12. The van der Waals surface area contributed by atoms with Crippen LogP contribution in [0.1, 0.15) is 20.8 Å². The maximum Gasteiger partial charge on any atom is 0.355 e. The number of rotatable bonds is 2. The second-order valence-corrected chi connectivity index (χ2v) is 3.38. The molecule has 0 saturated carbocycles. The van der Waals surface area contributed by atoms with Gasteiger partial charge in [0, 0.05) is 5.92 Å². The summed E-state index contributed by atoms with van der Waals surface area (Å²) in [7, 11) is 0. The molecule has 0 unspecified atom stereocenters. The lowest BCUT2D eigenvalue weighted by Gasteiger charge is -2.06. The van der Waals surface area contributed by atoms with Crippen molar-refractivity contribution < 1.29 is 14.3 Å². The van der Waals surface area contributed by atoms with Crippen LogP contribution < -0.4 is 5.32 Å². The summed E-state index contributed by atoms with van der Waals surface area (Å²) < 4.78 is 4.73. The van der Waals surface area contributed by atoms with Gasteiger partial charge < -0.3 is 10.1 Å². The molecule has 0 spiro atoms. The molecule has 0 aromatic heterocycles. The van der Waals surface area contributed by atoms with Crippen LogP contribution in [0.4, 0.5) is 0 Å². The first kappa shape index (κ1) is 9.77. The summed E-state index contributed by atoms with van der Waals surface area (Å²) in [6.07, 6.45) is 0. The van der Waals surface area contributed by atoms with Gasteiger partial charge in [-0.25, -0.2) is 4.79 Å². The molecule has 0 radical (unpaired) electrons. The molecule has 1 N–H and O–H groups in total. The van der Waals surface area contributed by atoms with Gasteiger partial charge in [0.05, 0.1) is 0 Å². The second-order valence-electron chi connectivity index (χ2n) is 3.38. The van der Waals surface area contributed by atoms with Crippen molar-refractivity contribution in [3.63, 3.8) is 0 Å². The van der Waals surface area contributed by atoms with Gasteiger partial charge in [0.1, 0.15) is 12.3 Å². The van der Waals surface area contributed by atoms with Crippen molar-refractivity contribution in [1.82, 2.24) is 5.32 Å². The molecule has 1 heterocycles. The molecule has 0 fully saturated rings. The Labute approximate surface area is 76.9 Å². The van der Waals surface area contributed by atoms with Crippen LogP contribution in [-0.4, -0.2) is 18.5 Å². The molecular formula is C9H13NO3. The largest absolute Gasteiger partial charge is 0.456 e. The molecule has 0 aromatic rings. The van der Waals surface area contributed by atoms with Crippen LogP contribution in [0.3, 0.4) is 0 Å². The number of hydrogen-bond acceptors (Lipinski definition) is 3. The van der Waals surface area contributed by atoms with Gasteiger partial charge in [0.15, 0.2) is 0 Å². The molecule has 1 rings (SSSR count). The maximum atomic E-state index is 11.2. The van der Waals surface area contributed by atoms with Gasteiger partial charge in [-0.1, -0.05) is 13.8 Å². The Morgan fingerprint density at radius 3 is 2.54 bits per heavy atom.